The molecule has 0 atom stereocenters. The highest BCUT2D eigenvalue weighted by molar-refractivity contribution is 7.07. The van der Waals surface area contributed by atoms with E-state index >= 15 is 0 Å². The van der Waals surface area contributed by atoms with Crippen molar-refractivity contribution in [3.8, 4) is 0 Å². The zero-order chi connectivity index (χ0) is 8.27. The first-order valence-corrected chi connectivity index (χ1v) is 3.98. The molecule has 0 saturated carbocycles. The summed E-state index contributed by atoms with van der Waals surface area (Å²) in [6.07, 6.45) is 0. The van der Waals surface area contributed by atoms with Crippen LogP contribution in [0.4, 0.5) is 0 Å². The van der Waals surface area contributed by atoms with Gasteiger partial charge in [-0.2, -0.15) is 4.37 Å². The molecule has 0 aliphatic carbocycles. The fraction of sp³-hybridized carbons (Fsp3) is 0.500. The van der Waals surface area contributed by atoms with E-state index in [0.717, 1.165) is 11.5 Å². The fourth-order valence-corrected chi connectivity index (χ4v) is 1.14. The first-order chi connectivity index (χ1) is 5.24. The summed E-state index contributed by atoms with van der Waals surface area (Å²) in [4.78, 5) is 14.8. The van der Waals surface area contributed by atoms with Crippen molar-refractivity contribution in [2.75, 3.05) is 6.61 Å². The van der Waals surface area contributed by atoms with Crippen LogP contribution in [-0.2, 0) is 4.74 Å². The highest BCUT2D eigenvalue weighted by Gasteiger charge is 2.10. The monoisotopic (exact) mass is 172 g/mol. The van der Waals surface area contributed by atoms with Crippen LogP contribution >= 0.6 is 11.5 Å². The number of esters is 1. The quantitative estimate of drug-likeness (QED) is 0.625. The van der Waals surface area contributed by atoms with Crippen LogP contribution in [0, 0.1) is 6.92 Å². The summed E-state index contributed by atoms with van der Waals surface area (Å²) in [7, 11) is 0. The molecular formula is C6H8N2O2S. The number of hydrogen-bond acceptors (Lipinski definition) is 5. The van der Waals surface area contributed by atoms with E-state index in [1.54, 1.807) is 13.8 Å². The number of aromatic nitrogens is 2. The van der Waals surface area contributed by atoms with Crippen molar-refractivity contribution >= 4 is 17.5 Å². The van der Waals surface area contributed by atoms with E-state index < -0.39 is 5.97 Å². The van der Waals surface area contributed by atoms with Crippen LogP contribution in [0.25, 0.3) is 0 Å². The summed E-state index contributed by atoms with van der Waals surface area (Å²) < 4.78 is 8.56. The zero-order valence-electron chi connectivity index (χ0n) is 6.33. The predicted molar refractivity (Wildman–Crippen MR) is 40.6 cm³/mol. The third-order valence-electron chi connectivity index (χ3n) is 0.978. The molecule has 0 aromatic carbocycles. The molecule has 0 bridgehead atoms. The van der Waals surface area contributed by atoms with E-state index in [1.807, 2.05) is 0 Å². The van der Waals surface area contributed by atoms with Crippen molar-refractivity contribution in [3.05, 3.63) is 10.8 Å². The molecule has 0 saturated heterocycles. The first-order valence-electron chi connectivity index (χ1n) is 3.21. The van der Waals surface area contributed by atoms with Gasteiger partial charge in [-0.15, -0.1) is 0 Å². The molecule has 0 unspecified atom stereocenters. The topological polar surface area (TPSA) is 52.1 Å². The second-order valence-electron chi connectivity index (χ2n) is 1.87. The molecule has 0 radical (unpaired) electrons. The van der Waals surface area contributed by atoms with Gasteiger partial charge in [0.25, 0.3) is 0 Å². The minimum Gasteiger partial charge on any atom is -0.461 e. The van der Waals surface area contributed by atoms with Gasteiger partial charge >= 0.3 is 5.97 Å². The normalized spacial score (nSPS) is 9.64. The predicted octanol–water partition coefficient (Wildman–Crippen LogP) is 1.02. The molecule has 4 nitrogen and oxygen atoms in total. The van der Waals surface area contributed by atoms with Crippen molar-refractivity contribution < 1.29 is 9.53 Å². The average molecular weight is 172 g/mol. The van der Waals surface area contributed by atoms with Gasteiger partial charge < -0.3 is 4.74 Å². The summed E-state index contributed by atoms with van der Waals surface area (Å²) in [5.74, 6) is 0.219. The molecule has 60 valence electrons. The lowest BCUT2D eigenvalue weighted by molar-refractivity contribution is 0.0526. The van der Waals surface area contributed by atoms with Gasteiger partial charge in [-0.3, -0.25) is 0 Å². The van der Waals surface area contributed by atoms with Crippen LogP contribution in [0.3, 0.4) is 0 Å². The fourth-order valence-electron chi connectivity index (χ4n) is 0.573. The van der Waals surface area contributed by atoms with Crippen molar-refractivity contribution in [3.63, 3.8) is 0 Å². The smallest absolute Gasteiger partial charge is 0.369 e. The van der Waals surface area contributed by atoms with E-state index in [1.165, 1.54) is 0 Å². The molecular weight excluding hydrogens is 164 g/mol. The minimum absolute atomic E-state index is 0.323. The Balaban J connectivity index is 2.69. The molecule has 5 heteroatoms. The Morgan fingerprint density at radius 1 is 1.73 bits per heavy atom. The highest BCUT2D eigenvalue weighted by atomic mass is 32.1. The van der Waals surface area contributed by atoms with Crippen LogP contribution in [0.2, 0.25) is 0 Å². The zero-order valence-corrected chi connectivity index (χ0v) is 7.14. The maximum Gasteiger partial charge on any atom is 0.369 e. The first kappa shape index (κ1) is 8.13. The van der Waals surface area contributed by atoms with Crippen molar-refractivity contribution in [2.24, 2.45) is 0 Å². The molecule has 0 amide bonds. The number of hydrogen-bond donors (Lipinski definition) is 0. The van der Waals surface area contributed by atoms with E-state index in [0.29, 0.717) is 17.4 Å². The minimum atomic E-state index is -0.391. The van der Waals surface area contributed by atoms with Gasteiger partial charge in [-0.05, 0) is 25.4 Å². The third kappa shape index (κ3) is 1.98. The van der Waals surface area contributed by atoms with Crippen LogP contribution in [-0.4, -0.2) is 21.9 Å². The molecule has 1 aromatic heterocycles. The SMILES string of the molecule is CCOC(=O)c1nc(C)ns1. The summed E-state index contributed by atoms with van der Waals surface area (Å²) in [6.45, 7) is 3.86. The van der Waals surface area contributed by atoms with Crippen LogP contribution in [0.5, 0.6) is 0 Å². The standard InChI is InChI=1S/C6H8N2O2S/c1-3-10-6(9)5-7-4(2)8-11-5/h3H2,1-2H3. The highest BCUT2D eigenvalue weighted by Crippen LogP contribution is 2.04. The van der Waals surface area contributed by atoms with Crippen LogP contribution in [0.1, 0.15) is 22.6 Å². The van der Waals surface area contributed by atoms with Gasteiger partial charge in [0, 0.05) is 0 Å². The van der Waals surface area contributed by atoms with Gasteiger partial charge in [-0.1, -0.05) is 0 Å². The van der Waals surface area contributed by atoms with E-state index in [4.69, 9.17) is 4.74 Å². The van der Waals surface area contributed by atoms with Crippen molar-refractivity contribution in [2.45, 2.75) is 13.8 Å². The summed E-state index contributed by atoms with van der Waals surface area (Å²) in [6, 6.07) is 0. The maximum atomic E-state index is 10.9. The molecule has 0 fully saturated rings. The molecule has 1 aromatic rings. The van der Waals surface area contributed by atoms with Crippen molar-refractivity contribution in [1.29, 1.82) is 0 Å². The van der Waals surface area contributed by atoms with Crippen LogP contribution < -0.4 is 0 Å². The molecule has 1 heterocycles. The summed E-state index contributed by atoms with van der Waals surface area (Å²) in [5, 5.41) is 0.323. The maximum absolute atomic E-state index is 10.9. The molecule has 0 aliphatic heterocycles. The Bertz CT molecular complexity index is 259. The lowest BCUT2D eigenvalue weighted by Gasteiger charge is -1.94. The molecule has 1 rings (SSSR count). The molecule has 0 aliphatic rings. The Morgan fingerprint density at radius 2 is 2.45 bits per heavy atom. The molecule has 0 N–H and O–H groups in total. The Morgan fingerprint density at radius 3 is 2.91 bits per heavy atom. The third-order valence-corrected chi connectivity index (χ3v) is 1.76. The second kappa shape index (κ2) is 3.43. The van der Waals surface area contributed by atoms with Gasteiger partial charge in [0.1, 0.15) is 5.82 Å². The largest absolute Gasteiger partial charge is 0.461 e. The molecule has 0 spiro atoms. The van der Waals surface area contributed by atoms with Gasteiger partial charge in [-0.25, -0.2) is 9.78 Å². The second-order valence-corrected chi connectivity index (χ2v) is 2.62. The number of ether oxygens (including phenoxy) is 1. The Hall–Kier alpha value is -0.970. The van der Waals surface area contributed by atoms with E-state index in [-0.39, 0.29) is 0 Å². The number of carbonyl (C=O) groups excluding carboxylic acids is 1. The number of rotatable bonds is 2. The van der Waals surface area contributed by atoms with Crippen LogP contribution in [0.15, 0.2) is 0 Å². The van der Waals surface area contributed by atoms with E-state index in [2.05, 4.69) is 9.36 Å². The lowest BCUT2D eigenvalue weighted by atomic mass is 10.6. The summed E-state index contributed by atoms with van der Waals surface area (Å²) >= 11 is 1.06. The van der Waals surface area contributed by atoms with E-state index in [9.17, 15) is 4.79 Å². The van der Waals surface area contributed by atoms with Gasteiger partial charge in [0.15, 0.2) is 0 Å². The lowest BCUT2D eigenvalue weighted by Crippen LogP contribution is -2.03. The van der Waals surface area contributed by atoms with Gasteiger partial charge in [0.2, 0.25) is 5.01 Å². The average Bonchev–Trinajstić information content (AvgIpc) is 2.36. The van der Waals surface area contributed by atoms with Crippen molar-refractivity contribution in [1.82, 2.24) is 9.36 Å². The summed E-state index contributed by atoms with van der Waals surface area (Å²) in [5.41, 5.74) is 0. The molecule has 11 heavy (non-hydrogen) atoms. The number of nitrogens with zero attached hydrogens (tertiary/aromatic N) is 2. The Kier molecular flexibility index (Phi) is 2.53. The number of aryl methyl sites for hydroxylation is 1. The Labute approximate surface area is 68.4 Å². The van der Waals surface area contributed by atoms with Gasteiger partial charge in [0.05, 0.1) is 6.61 Å². The number of carbonyl (C=O) groups is 1.